The molecule has 1 heterocycles. The van der Waals surface area contributed by atoms with Gasteiger partial charge in [-0.15, -0.1) is 11.8 Å². The first kappa shape index (κ1) is 16.4. The minimum atomic E-state index is 0.269. The highest BCUT2D eigenvalue weighted by Gasteiger charge is 2.21. The molecule has 0 aliphatic carbocycles. The Morgan fingerprint density at radius 1 is 1.38 bits per heavy atom. The summed E-state index contributed by atoms with van der Waals surface area (Å²) >= 11 is 1.64. The molecule has 1 saturated heterocycles. The zero-order valence-electron chi connectivity index (χ0n) is 12.9. The summed E-state index contributed by atoms with van der Waals surface area (Å²) < 4.78 is 0. The molecule has 1 amide bonds. The van der Waals surface area contributed by atoms with Crippen molar-refractivity contribution >= 4 is 17.7 Å². The molecule has 1 N–H and O–H groups in total. The summed E-state index contributed by atoms with van der Waals surface area (Å²) in [6, 6.07) is 10.7. The molecule has 3 nitrogen and oxygen atoms in total. The van der Waals surface area contributed by atoms with Crippen LogP contribution in [0.1, 0.15) is 32.6 Å². The average Bonchev–Trinajstić information content (AvgIpc) is 3.03. The van der Waals surface area contributed by atoms with Crippen LogP contribution in [0.4, 0.5) is 0 Å². The lowest BCUT2D eigenvalue weighted by molar-refractivity contribution is -0.128. The zero-order valence-corrected chi connectivity index (χ0v) is 13.7. The molecule has 4 heteroatoms. The van der Waals surface area contributed by atoms with E-state index in [-0.39, 0.29) is 5.91 Å². The van der Waals surface area contributed by atoms with Gasteiger partial charge in [-0.25, -0.2) is 0 Å². The van der Waals surface area contributed by atoms with Gasteiger partial charge in [-0.3, -0.25) is 4.79 Å². The van der Waals surface area contributed by atoms with Crippen LogP contribution in [0.15, 0.2) is 35.2 Å². The minimum absolute atomic E-state index is 0.269. The molecule has 2 rings (SSSR count). The summed E-state index contributed by atoms with van der Waals surface area (Å²) in [6.45, 7) is 5.03. The van der Waals surface area contributed by atoms with Gasteiger partial charge in [-0.05, 0) is 37.9 Å². The molecule has 1 unspecified atom stereocenters. The van der Waals surface area contributed by atoms with Crippen molar-refractivity contribution in [2.75, 3.05) is 25.4 Å². The summed E-state index contributed by atoms with van der Waals surface area (Å²) in [5.41, 5.74) is 0. The molecule has 0 bridgehead atoms. The second-order valence-corrected chi connectivity index (χ2v) is 6.64. The molecule has 1 aromatic carbocycles. The monoisotopic (exact) mass is 306 g/mol. The van der Waals surface area contributed by atoms with Crippen LogP contribution in [0.25, 0.3) is 0 Å². The van der Waals surface area contributed by atoms with Crippen LogP contribution >= 0.6 is 11.8 Å². The fourth-order valence-corrected chi connectivity index (χ4v) is 3.42. The molecular weight excluding hydrogens is 280 g/mol. The number of nitrogens with zero attached hydrogens (tertiary/aromatic N) is 1. The lowest BCUT2D eigenvalue weighted by Crippen LogP contribution is -2.42. The third-order valence-electron chi connectivity index (χ3n) is 3.84. The highest BCUT2D eigenvalue weighted by molar-refractivity contribution is 8.00. The predicted octanol–water partition coefficient (Wildman–Crippen LogP) is 3.16. The van der Waals surface area contributed by atoms with E-state index < -0.39 is 0 Å². The first-order valence-corrected chi connectivity index (χ1v) is 8.97. The maximum atomic E-state index is 12.5. The Balaban J connectivity index is 1.83. The molecule has 0 spiro atoms. The SMILES string of the molecule is CCCCN(CC1CCCN1)C(=O)CSc1ccccc1. The zero-order chi connectivity index (χ0) is 14.9. The van der Waals surface area contributed by atoms with Crippen LogP contribution in [0.5, 0.6) is 0 Å². The van der Waals surface area contributed by atoms with E-state index in [1.165, 1.54) is 17.7 Å². The quantitative estimate of drug-likeness (QED) is 0.749. The Hall–Kier alpha value is -1.00. The van der Waals surface area contributed by atoms with Crippen molar-refractivity contribution in [1.29, 1.82) is 0 Å². The van der Waals surface area contributed by atoms with E-state index >= 15 is 0 Å². The Kier molecular flexibility index (Phi) is 7.10. The molecule has 1 atom stereocenters. The second-order valence-electron chi connectivity index (χ2n) is 5.59. The molecule has 21 heavy (non-hydrogen) atoms. The van der Waals surface area contributed by atoms with Crippen molar-refractivity contribution < 1.29 is 4.79 Å². The summed E-state index contributed by atoms with van der Waals surface area (Å²) in [6.07, 6.45) is 4.66. The van der Waals surface area contributed by atoms with Crippen LogP contribution in [-0.4, -0.2) is 42.2 Å². The number of amides is 1. The standard InChI is InChI=1S/C17H26N2OS/c1-2-3-12-19(13-15-8-7-11-18-15)17(20)14-21-16-9-5-4-6-10-16/h4-6,9-10,15,18H,2-3,7-8,11-14H2,1H3. The van der Waals surface area contributed by atoms with Gasteiger partial charge < -0.3 is 10.2 Å². The van der Waals surface area contributed by atoms with Crippen molar-refractivity contribution in [2.24, 2.45) is 0 Å². The van der Waals surface area contributed by atoms with E-state index in [2.05, 4.69) is 29.3 Å². The lowest BCUT2D eigenvalue weighted by Gasteiger charge is -2.26. The van der Waals surface area contributed by atoms with Gasteiger partial charge in [0.25, 0.3) is 0 Å². The maximum absolute atomic E-state index is 12.5. The number of unbranched alkanes of at least 4 members (excludes halogenated alkanes) is 1. The molecule has 1 aliphatic heterocycles. The van der Waals surface area contributed by atoms with E-state index in [1.54, 1.807) is 11.8 Å². The number of nitrogens with one attached hydrogen (secondary N) is 1. The summed E-state index contributed by atoms with van der Waals surface area (Å²) in [5.74, 6) is 0.812. The van der Waals surface area contributed by atoms with Gasteiger partial charge in [0.1, 0.15) is 0 Å². The van der Waals surface area contributed by atoms with Crippen LogP contribution in [0.3, 0.4) is 0 Å². The lowest BCUT2D eigenvalue weighted by atomic mass is 10.2. The highest BCUT2D eigenvalue weighted by Crippen LogP contribution is 2.18. The topological polar surface area (TPSA) is 32.3 Å². The number of rotatable bonds is 8. The highest BCUT2D eigenvalue weighted by atomic mass is 32.2. The smallest absolute Gasteiger partial charge is 0.232 e. The molecule has 0 radical (unpaired) electrons. The largest absolute Gasteiger partial charge is 0.340 e. The Bertz CT molecular complexity index is 418. The summed E-state index contributed by atoms with van der Waals surface area (Å²) in [5, 5.41) is 3.49. The molecule has 1 fully saturated rings. The number of carbonyl (C=O) groups is 1. The molecule has 0 aromatic heterocycles. The van der Waals surface area contributed by atoms with Gasteiger partial charge in [-0.2, -0.15) is 0 Å². The molecule has 0 saturated carbocycles. The number of carbonyl (C=O) groups excluding carboxylic acids is 1. The predicted molar refractivity (Wildman–Crippen MR) is 89.7 cm³/mol. The molecule has 1 aromatic rings. The van der Waals surface area contributed by atoms with Gasteiger partial charge >= 0.3 is 0 Å². The van der Waals surface area contributed by atoms with Gasteiger partial charge in [-0.1, -0.05) is 31.5 Å². The van der Waals surface area contributed by atoms with E-state index in [4.69, 9.17) is 0 Å². The van der Waals surface area contributed by atoms with Crippen molar-refractivity contribution in [3.8, 4) is 0 Å². The second kappa shape index (κ2) is 9.11. The van der Waals surface area contributed by atoms with Gasteiger partial charge in [0.2, 0.25) is 5.91 Å². The Morgan fingerprint density at radius 3 is 2.86 bits per heavy atom. The molecule has 1 aliphatic rings. The van der Waals surface area contributed by atoms with Crippen molar-refractivity contribution in [2.45, 2.75) is 43.5 Å². The van der Waals surface area contributed by atoms with Crippen LogP contribution in [0, 0.1) is 0 Å². The summed E-state index contributed by atoms with van der Waals surface area (Å²) in [7, 11) is 0. The number of thioether (sulfide) groups is 1. The van der Waals surface area contributed by atoms with E-state index in [9.17, 15) is 4.79 Å². The average molecular weight is 306 g/mol. The van der Waals surface area contributed by atoms with Crippen LogP contribution < -0.4 is 5.32 Å². The number of benzene rings is 1. The van der Waals surface area contributed by atoms with Crippen molar-refractivity contribution in [3.63, 3.8) is 0 Å². The van der Waals surface area contributed by atoms with E-state index in [0.717, 1.165) is 32.5 Å². The van der Waals surface area contributed by atoms with Gasteiger partial charge in [0.05, 0.1) is 5.75 Å². The van der Waals surface area contributed by atoms with E-state index in [1.807, 2.05) is 18.2 Å². The third kappa shape index (κ3) is 5.71. The van der Waals surface area contributed by atoms with Crippen molar-refractivity contribution in [3.05, 3.63) is 30.3 Å². The van der Waals surface area contributed by atoms with Crippen molar-refractivity contribution in [1.82, 2.24) is 10.2 Å². The Labute approximate surface area is 132 Å². The normalized spacial score (nSPS) is 17.9. The fraction of sp³-hybridized carbons (Fsp3) is 0.588. The minimum Gasteiger partial charge on any atom is -0.340 e. The maximum Gasteiger partial charge on any atom is 0.232 e. The van der Waals surface area contributed by atoms with Gasteiger partial charge in [0, 0.05) is 24.0 Å². The first-order valence-electron chi connectivity index (χ1n) is 7.98. The first-order chi connectivity index (χ1) is 10.3. The van der Waals surface area contributed by atoms with Crippen LogP contribution in [-0.2, 0) is 4.79 Å². The number of hydrogen-bond donors (Lipinski definition) is 1. The van der Waals surface area contributed by atoms with Gasteiger partial charge in [0.15, 0.2) is 0 Å². The van der Waals surface area contributed by atoms with E-state index in [0.29, 0.717) is 11.8 Å². The van der Waals surface area contributed by atoms with Crippen LogP contribution in [0.2, 0.25) is 0 Å². The number of hydrogen-bond acceptors (Lipinski definition) is 3. The molecular formula is C17H26N2OS. The molecule has 116 valence electrons. The third-order valence-corrected chi connectivity index (χ3v) is 4.84. The fourth-order valence-electron chi connectivity index (χ4n) is 2.60. The summed E-state index contributed by atoms with van der Waals surface area (Å²) in [4.78, 5) is 15.7. The Morgan fingerprint density at radius 2 is 2.19 bits per heavy atom.